The van der Waals surface area contributed by atoms with E-state index in [9.17, 15) is 0 Å². The Labute approximate surface area is 123 Å². The topological polar surface area (TPSA) is 29.9 Å². The first-order valence-corrected chi connectivity index (χ1v) is 7.88. The van der Waals surface area contributed by atoms with Crippen LogP contribution < -0.4 is 5.32 Å². The Morgan fingerprint density at radius 1 is 1.30 bits per heavy atom. The van der Waals surface area contributed by atoms with E-state index >= 15 is 0 Å². The highest BCUT2D eigenvalue weighted by atomic mass is 32.1. The fourth-order valence-electron chi connectivity index (χ4n) is 2.67. The van der Waals surface area contributed by atoms with Gasteiger partial charge in [-0.15, -0.1) is 11.3 Å². The third-order valence-corrected chi connectivity index (χ3v) is 4.57. The molecule has 1 unspecified atom stereocenters. The van der Waals surface area contributed by atoms with E-state index in [0.717, 1.165) is 13.0 Å². The predicted molar refractivity (Wildman–Crippen MR) is 85.2 cm³/mol. The number of aryl methyl sites for hydroxylation is 1. The van der Waals surface area contributed by atoms with Crippen LogP contribution in [0.25, 0.3) is 10.1 Å². The molecule has 1 atom stereocenters. The van der Waals surface area contributed by atoms with Crippen LogP contribution in [0.15, 0.2) is 41.9 Å². The van der Waals surface area contributed by atoms with Crippen molar-refractivity contribution in [3.8, 4) is 0 Å². The van der Waals surface area contributed by atoms with Gasteiger partial charge in [0.2, 0.25) is 0 Å². The Hall–Kier alpha value is -1.65. The molecule has 3 aromatic rings. The molecule has 0 saturated carbocycles. The fraction of sp³-hybridized carbons (Fsp3) is 0.312. The molecule has 3 nitrogen and oxygen atoms in total. The van der Waals surface area contributed by atoms with Crippen molar-refractivity contribution in [2.75, 3.05) is 7.05 Å². The van der Waals surface area contributed by atoms with Crippen molar-refractivity contribution >= 4 is 21.4 Å². The van der Waals surface area contributed by atoms with Crippen LogP contribution in [-0.2, 0) is 6.54 Å². The van der Waals surface area contributed by atoms with Gasteiger partial charge in [-0.2, -0.15) is 5.10 Å². The minimum atomic E-state index is 0.195. The highest BCUT2D eigenvalue weighted by Crippen LogP contribution is 2.33. The summed E-state index contributed by atoms with van der Waals surface area (Å²) < 4.78 is 3.44. The van der Waals surface area contributed by atoms with E-state index in [1.165, 1.54) is 21.3 Å². The molecule has 3 rings (SSSR count). The third kappa shape index (κ3) is 2.25. The maximum atomic E-state index is 4.44. The summed E-state index contributed by atoms with van der Waals surface area (Å²) in [5.41, 5.74) is 2.57. The quantitative estimate of drug-likeness (QED) is 0.772. The van der Waals surface area contributed by atoms with Crippen molar-refractivity contribution in [2.24, 2.45) is 0 Å². The van der Waals surface area contributed by atoms with E-state index < -0.39 is 0 Å². The lowest BCUT2D eigenvalue weighted by atomic mass is 10.0. The Balaban J connectivity index is 2.07. The first-order valence-electron chi connectivity index (χ1n) is 7.00. The molecule has 0 amide bonds. The summed E-state index contributed by atoms with van der Waals surface area (Å²) in [6.45, 7) is 3.14. The minimum absolute atomic E-state index is 0.195. The van der Waals surface area contributed by atoms with Gasteiger partial charge in [0.15, 0.2) is 0 Å². The molecule has 2 aromatic heterocycles. The number of nitrogens with one attached hydrogen (secondary N) is 1. The maximum Gasteiger partial charge on any atom is 0.0760 e. The number of nitrogens with zero attached hydrogens (tertiary/aromatic N) is 2. The lowest BCUT2D eigenvalue weighted by Crippen LogP contribution is -2.21. The highest BCUT2D eigenvalue weighted by Gasteiger charge is 2.19. The summed E-state index contributed by atoms with van der Waals surface area (Å²) in [6, 6.07) is 10.9. The third-order valence-electron chi connectivity index (χ3n) is 3.59. The van der Waals surface area contributed by atoms with Crippen LogP contribution in [0.1, 0.15) is 30.6 Å². The smallest absolute Gasteiger partial charge is 0.0760 e. The van der Waals surface area contributed by atoms with E-state index in [0.29, 0.717) is 0 Å². The normalized spacial score (nSPS) is 12.9. The summed E-state index contributed by atoms with van der Waals surface area (Å²) in [4.78, 5) is 0. The molecular weight excluding hydrogens is 266 g/mol. The molecule has 0 aliphatic carbocycles. The van der Waals surface area contributed by atoms with Crippen LogP contribution in [0.2, 0.25) is 0 Å². The second-order valence-electron chi connectivity index (χ2n) is 4.89. The maximum absolute atomic E-state index is 4.44. The van der Waals surface area contributed by atoms with Gasteiger partial charge >= 0.3 is 0 Å². The molecule has 2 heterocycles. The molecule has 0 aliphatic rings. The van der Waals surface area contributed by atoms with Crippen LogP contribution in [0.5, 0.6) is 0 Å². The SMILES string of the molecule is CCCn1nccc1C(NC)c1csc2ccccc12. The van der Waals surface area contributed by atoms with Gasteiger partial charge in [-0.25, -0.2) is 0 Å². The highest BCUT2D eigenvalue weighted by molar-refractivity contribution is 7.17. The molecule has 0 saturated heterocycles. The van der Waals surface area contributed by atoms with Crippen LogP contribution >= 0.6 is 11.3 Å². The van der Waals surface area contributed by atoms with Crippen LogP contribution in [0, 0.1) is 0 Å². The van der Waals surface area contributed by atoms with Crippen molar-refractivity contribution in [3.63, 3.8) is 0 Å². The van der Waals surface area contributed by atoms with Crippen molar-refractivity contribution < 1.29 is 0 Å². The zero-order valence-corrected chi connectivity index (χ0v) is 12.7. The molecule has 20 heavy (non-hydrogen) atoms. The molecule has 0 bridgehead atoms. The second-order valence-corrected chi connectivity index (χ2v) is 5.80. The van der Waals surface area contributed by atoms with Crippen LogP contribution in [-0.4, -0.2) is 16.8 Å². The largest absolute Gasteiger partial charge is 0.308 e. The van der Waals surface area contributed by atoms with Crippen LogP contribution in [0.3, 0.4) is 0 Å². The molecule has 0 aliphatic heterocycles. The molecule has 4 heteroatoms. The number of hydrogen-bond donors (Lipinski definition) is 1. The summed E-state index contributed by atoms with van der Waals surface area (Å²) in [7, 11) is 2.01. The van der Waals surface area contributed by atoms with Gasteiger partial charge in [0.1, 0.15) is 0 Å². The van der Waals surface area contributed by atoms with E-state index in [1.54, 1.807) is 11.3 Å². The van der Waals surface area contributed by atoms with Crippen molar-refractivity contribution in [2.45, 2.75) is 25.9 Å². The predicted octanol–water partition coefficient (Wildman–Crippen LogP) is 3.82. The Morgan fingerprint density at radius 3 is 2.95 bits per heavy atom. The summed E-state index contributed by atoms with van der Waals surface area (Å²) in [5, 5.41) is 11.5. The summed E-state index contributed by atoms with van der Waals surface area (Å²) >= 11 is 1.80. The Bertz CT molecular complexity index is 698. The van der Waals surface area contributed by atoms with Crippen molar-refractivity contribution in [1.82, 2.24) is 15.1 Å². The van der Waals surface area contributed by atoms with Gasteiger partial charge in [0.25, 0.3) is 0 Å². The average Bonchev–Trinajstić information content (AvgIpc) is 3.09. The van der Waals surface area contributed by atoms with Gasteiger partial charge in [0, 0.05) is 17.4 Å². The number of aromatic nitrogens is 2. The summed E-state index contributed by atoms with van der Waals surface area (Å²) in [5.74, 6) is 0. The van der Waals surface area contributed by atoms with E-state index in [4.69, 9.17) is 0 Å². The number of fused-ring (bicyclic) bond motifs is 1. The zero-order valence-electron chi connectivity index (χ0n) is 11.8. The first kappa shape index (κ1) is 13.3. The van der Waals surface area contributed by atoms with Gasteiger partial charge < -0.3 is 5.32 Å². The van der Waals surface area contributed by atoms with Gasteiger partial charge in [0.05, 0.1) is 11.7 Å². The number of rotatable bonds is 5. The van der Waals surface area contributed by atoms with Crippen molar-refractivity contribution in [3.05, 3.63) is 53.2 Å². The summed E-state index contributed by atoms with van der Waals surface area (Å²) in [6.07, 6.45) is 2.99. The standard InChI is InChI=1S/C16H19N3S/c1-3-10-19-14(8-9-18-19)16(17-2)13-11-20-15-7-5-4-6-12(13)15/h4-9,11,16-17H,3,10H2,1-2H3. The van der Waals surface area contributed by atoms with Gasteiger partial charge in [-0.05, 0) is 41.9 Å². The number of thiophene rings is 1. The molecule has 1 aromatic carbocycles. The van der Waals surface area contributed by atoms with E-state index in [1.807, 2.05) is 13.2 Å². The van der Waals surface area contributed by atoms with E-state index in [2.05, 4.69) is 57.7 Å². The molecular formula is C16H19N3S. The van der Waals surface area contributed by atoms with Crippen molar-refractivity contribution in [1.29, 1.82) is 0 Å². The van der Waals surface area contributed by atoms with Crippen LogP contribution in [0.4, 0.5) is 0 Å². The number of benzene rings is 1. The second kappa shape index (κ2) is 5.77. The molecule has 1 N–H and O–H groups in total. The molecule has 104 valence electrons. The lowest BCUT2D eigenvalue weighted by molar-refractivity contribution is 0.536. The van der Waals surface area contributed by atoms with E-state index in [-0.39, 0.29) is 6.04 Å². The monoisotopic (exact) mass is 285 g/mol. The lowest BCUT2D eigenvalue weighted by Gasteiger charge is -2.17. The molecule has 0 radical (unpaired) electrons. The molecule has 0 fully saturated rings. The zero-order chi connectivity index (χ0) is 13.9. The minimum Gasteiger partial charge on any atom is -0.308 e. The fourth-order valence-corrected chi connectivity index (χ4v) is 3.66. The Kier molecular flexibility index (Phi) is 3.85. The first-order chi connectivity index (χ1) is 9.85. The molecule has 0 spiro atoms. The average molecular weight is 285 g/mol. The van der Waals surface area contributed by atoms with Gasteiger partial charge in [-0.3, -0.25) is 4.68 Å². The van der Waals surface area contributed by atoms with Gasteiger partial charge in [-0.1, -0.05) is 25.1 Å². The number of hydrogen-bond acceptors (Lipinski definition) is 3. The Morgan fingerprint density at radius 2 is 2.15 bits per heavy atom.